The van der Waals surface area contributed by atoms with E-state index in [9.17, 15) is 14.4 Å². The largest absolute Gasteiger partial charge is 0.459 e. The highest BCUT2D eigenvalue weighted by molar-refractivity contribution is 6.60. The minimum atomic E-state index is -1.22. The first-order chi connectivity index (χ1) is 12.5. The molecule has 5 rings (SSSR count). The average Bonchev–Trinajstić information content (AvgIpc) is 2.63. The maximum absolute atomic E-state index is 12.0. The molecule has 0 aromatic heterocycles. The van der Waals surface area contributed by atoms with Gasteiger partial charge in [0.1, 0.15) is 6.61 Å². The van der Waals surface area contributed by atoms with Crippen LogP contribution in [-0.2, 0) is 30.5 Å². The van der Waals surface area contributed by atoms with Crippen LogP contribution in [0.5, 0.6) is 0 Å². The smallest absolute Gasteiger partial charge is 0.387 e. The van der Waals surface area contributed by atoms with E-state index in [-0.39, 0.29) is 18.6 Å². The second-order valence-corrected chi connectivity index (χ2v) is 8.38. The van der Waals surface area contributed by atoms with Gasteiger partial charge in [-0.1, -0.05) is 30.3 Å². The molecule has 4 aliphatic carbocycles. The normalized spacial score (nSPS) is 31.5. The minimum Gasteiger partial charge on any atom is -0.459 e. The van der Waals surface area contributed by atoms with Crippen molar-refractivity contribution in [1.29, 1.82) is 0 Å². The summed E-state index contributed by atoms with van der Waals surface area (Å²) >= 11 is 0. The lowest BCUT2D eigenvalue weighted by Crippen LogP contribution is -2.48. The van der Waals surface area contributed by atoms with Gasteiger partial charge in [0, 0.05) is 5.41 Å². The molecule has 4 fully saturated rings. The number of benzene rings is 1. The van der Waals surface area contributed by atoms with Crippen molar-refractivity contribution >= 4 is 17.7 Å². The quantitative estimate of drug-likeness (QED) is 0.445. The topological polar surface area (TPSA) is 69.7 Å². The first kappa shape index (κ1) is 17.3. The second kappa shape index (κ2) is 6.86. The van der Waals surface area contributed by atoms with Crippen LogP contribution in [0.15, 0.2) is 30.3 Å². The second-order valence-electron chi connectivity index (χ2n) is 8.38. The predicted octanol–water partition coefficient (Wildman–Crippen LogP) is 3.06. The molecule has 0 saturated heterocycles. The molecule has 5 nitrogen and oxygen atoms in total. The summed E-state index contributed by atoms with van der Waals surface area (Å²) < 4.78 is 10.2. The van der Waals surface area contributed by atoms with Crippen LogP contribution in [-0.4, -0.2) is 24.3 Å². The van der Waals surface area contributed by atoms with Crippen LogP contribution in [0.4, 0.5) is 0 Å². The van der Waals surface area contributed by atoms with E-state index in [4.69, 9.17) is 9.47 Å². The predicted molar refractivity (Wildman–Crippen MR) is 92.8 cm³/mol. The number of rotatable bonds is 6. The molecule has 0 atom stereocenters. The molecular weight excluding hydrogens is 332 g/mol. The lowest BCUT2D eigenvalue weighted by molar-refractivity contribution is -0.169. The maximum atomic E-state index is 12.0. The monoisotopic (exact) mass is 356 g/mol. The van der Waals surface area contributed by atoms with Gasteiger partial charge in [0.15, 0.2) is 0 Å². The molecule has 26 heavy (non-hydrogen) atoms. The first-order valence-electron chi connectivity index (χ1n) is 9.45. The van der Waals surface area contributed by atoms with E-state index < -0.39 is 17.7 Å². The number of carbonyl (C=O) groups is 3. The molecule has 0 radical (unpaired) electrons. The highest BCUT2D eigenvalue weighted by Gasteiger charge is 2.51. The van der Waals surface area contributed by atoms with Gasteiger partial charge in [0.05, 0.1) is 6.61 Å². The van der Waals surface area contributed by atoms with E-state index in [1.165, 1.54) is 19.3 Å². The highest BCUT2D eigenvalue weighted by Crippen LogP contribution is 2.60. The third-order valence-electron chi connectivity index (χ3n) is 6.26. The zero-order valence-corrected chi connectivity index (χ0v) is 14.8. The van der Waals surface area contributed by atoms with Gasteiger partial charge in [-0.05, 0) is 61.8 Å². The van der Waals surface area contributed by atoms with E-state index in [2.05, 4.69) is 0 Å². The fourth-order valence-corrected chi connectivity index (χ4v) is 5.62. The summed E-state index contributed by atoms with van der Waals surface area (Å²) in [5.41, 5.74) is 0.786. The molecule has 0 heterocycles. The van der Waals surface area contributed by atoms with Crippen molar-refractivity contribution in [3.05, 3.63) is 35.9 Å². The van der Waals surface area contributed by atoms with Gasteiger partial charge >= 0.3 is 17.7 Å². The molecule has 138 valence electrons. The number of hydrogen-bond donors (Lipinski definition) is 0. The van der Waals surface area contributed by atoms with E-state index in [1.54, 1.807) is 12.1 Å². The van der Waals surface area contributed by atoms with Gasteiger partial charge in [0.2, 0.25) is 0 Å². The van der Waals surface area contributed by atoms with E-state index in [1.807, 2.05) is 18.2 Å². The number of hydrogen-bond acceptors (Lipinski definition) is 5. The van der Waals surface area contributed by atoms with Crippen molar-refractivity contribution in [3.63, 3.8) is 0 Å². The van der Waals surface area contributed by atoms with E-state index in [0.717, 1.165) is 42.6 Å². The Labute approximate surface area is 153 Å². The molecule has 1 aromatic carbocycles. The molecule has 0 N–H and O–H groups in total. The molecule has 4 saturated carbocycles. The molecular formula is C21H24O5. The summed E-state index contributed by atoms with van der Waals surface area (Å²) in [4.78, 5) is 35.8. The Hall–Kier alpha value is -2.17. The van der Waals surface area contributed by atoms with Gasteiger partial charge < -0.3 is 9.47 Å². The van der Waals surface area contributed by atoms with Gasteiger partial charge in [-0.2, -0.15) is 0 Å². The van der Waals surface area contributed by atoms with Crippen molar-refractivity contribution in [1.82, 2.24) is 0 Å². The zero-order valence-electron chi connectivity index (χ0n) is 14.8. The maximum Gasteiger partial charge on any atom is 0.387 e. The van der Waals surface area contributed by atoms with Gasteiger partial charge in [-0.3, -0.25) is 4.79 Å². The molecule has 1 aromatic rings. The van der Waals surface area contributed by atoms with Crippen LogP contribution >= 0.6 is 0 Å². The fraction of sp³-hybridized carbons (Fsp3) is 0.571. The van der Waals surface area contributed by atoms with Gasteiger partial charge in [-0.15, -0.1) is 0 Å². The van der Waals surface area contributed by atoms with Crippen molar-refractivity contribution in [2.45, 2.75) is 45.1 Å². The van der Waals surface area contributed by atoms with Crippen LogP contribution < -0.4 is 0 Å². The lowest BCUT2D eigenvalue weighted by atomic mass is 9.50. The van der Waals surface area contributed by atoms with Crippen LogP contribution in [0.25, 0.3) is 0 Å². The molecule has 0 amide bonds. The van der Waals surface area contributed by atoms with Gasteiger partial charge in [-0.25, -0.2) is 9.59 Å². The van der Waals surface area contributed by atoms with Crippen LogP contribution in [0.2, 0.25) is 0 Å². The standard InChI is InChI=1S/C21H24O5/c22-18(19(23)25-12-14-4-2-1-3-5-14)20(24)26-13-21-9-15-6-16(10-21)8-17(7-15)11-21/h1-5,15-17H,6-13H2. The van der Waals surface area contributed by atoms with Crippen molar-refractivity contribution in [2.75, 3.05) is 6.61 Å². The summed E-state index contributed by atoms with van der Waals surface area (Å²) in [6.45, 7) is 0.223. The molecule has 5 heteroatoms. The number of ether oxygens (including phenoxy) is 2. The Bertz CT molecular complexity index is 673. The third-order valence-corrected chi connectivity index (χ3v) is 6.26. The van der Waals surface area contributed by atoms with E-state index in [0.29, 0.717) is 0 Å². The minimum absolute atomic E-state index is 0.0264. The van der Waals surface area contributed by atoms with Crippen molar-refractivity contribution < 1.29 is 23.9 Å². The fourth-order valence-electron chi connectivity index (χ4n) is 5.62. The number of esters is 2. The van der Waals surface area contributed by atoms with E-state index >= 15 is 0 Å². The molecule has 4 bridgehead atoms. The number of ketones is 1. The third kappa shape index (κ3) is 3.53. The van der Waals surface area contributed by atoms with Crippen LogP contribution in [0, 0.1) is 23.2 Å². The number of carbonyl (C=O) groups excluding carboxylic acids is 3. The molecule has 0 aliphatic heterocycles. The Morgan fingerprint density at radius 3 is 1.96 bits per heavy atom. The van der Waals surface area contributed by atoms with Crippen molar-refractivity contribution in [2.24, 2.45) is 23.2 Å². The summed E-state index contributed by atoms with van der Waals surface area (Å²) in [7, 11) is 0. The highest BCUT2D eigenvalue weighted by atomic mass is 16.6. The van der Waals surface area contributed by atoms with Crippen LogP contribution in [0.3, 0.4) is 0 Å². The Morgan fingerprint density at radius 1 is 0.846 bits per heavy atom. The van der Waals surface area contributed by atoms with Crippen molar-refractivity contribution in [3.8, 4) is 0 Å². The first-order valence-corrected chi connectivity index (χ1v) is 9.45. The molecule has 0 spiro atoms. The number of Topliss-reactive ketones (excluding diaryl/α,β-unsaturated/α-hetero) is 1. The molecule has 0 unspecified atom stereocenters. The van der Waals surface area contributed by atoms with Gasteiger partial charge in [0.25, 0.3) is 0 Å². The lowest BCUT2D eigenvalue weighted by Gasteiger charge is -2.56. The molecule has 4 aliphatic rings. The van der Waals surface area contributed by atoms with Crippen LogP contribution in [0.1, 0.15) is 44.1 Å². The Morgan fingerprint density at radius 2 is 1.38 bits per heavy atom. The Balaban J connectivity index is 1.28. The summed E-state index contributed by atoms with van der Waals surface area (Å²) in [5, 5.41) is 0. The summed E-state index contributed by atoms with van der Waals surface area (Å²) in [5.74, 6) is -1.22. The zero-order chi connectivity index (χ0) is 18.1. The SMILES string of the molecule is O=C(OCc1ccccc1)C(=O)C(=O)OCC12CC3CC(CC(C3)C1)C2. The summed E-state index contributed by atoms with van der Waals surface area (Å²) in [6.07, 6.45) is 7.16. The average molecular weight is 356 g/mol. The summed E-state index contributed by atoms with van der Waals surface area (Å²) in [6, 6.07) is 9.03. The Kier molecular flexibility index (Phi) is 4.55.